The number of hydrogen-bond acceptors (Lipinski definition) is 7. The summed E-state index contributed by atoms with van der Waals surface area (Å²) in [5.41, 5.74) is 0.858. The van der Waals surface area contributed by atoms with Gasteiger partial charge in [0.05, 0.1) is 31.0 Å². The summed E-state index contributed by atoms with van der Waals surface area (Å²) in [7, 11) is 1.22. The highest BCUT2D eigenvalue weighted by molar-refractivity contribution is 7.06. The monoisotopic (exact) mass is 393 g/mol. The number of hydrogen-bond donors (Lipinski definition) is 1. The molecule has 3 rings (SSSR count). The van der Waals surface area contributed by atoms with Crippen molar-refractivity contribution in [3.05, 3.63) is 63.8 Å². The first-order valence-corrected chi connectivity index (χ1v) is 8.41. The number of amides is 1. The summed E-state index contributed by atoms with van der Waals surface area (Å²) < 4.78 is 40.3. The van der Waals surface area contributed by atoms with Crippen molar-refractivity contribution in [2.45, 2.75) is 13.3 Å². The average molecular weight is 393 g/mol. The second-order valence-electron chi connectivity index (χ2n) is 5.44. The normalized spacial score (nSPS) is 10.7. The van der Waals surface area contributed by atoms with Gasteiger partial charge < -0.3 is 14.5 Å². The Hall–Kier alpha value is -3.14. The summed E-state index contributed by atoms with van der Waals surface area (Å²) in [6.45, 7) is 1.65. The average Bonchev–Trinajstić information content (AvgIpc) is 3.24. The SMILES string of the molecule is COC(=O)c1cnc(Cc2snc(C)c2C(=O)Nc2ccc(F)c(F)c2)o1. The van der Waals surface area contributed by atoms with E-state index in [2.05, 4.69) is 19.4 Å². The quantitative estimate of drug-likeness (QED) is 0.668. The molecule has 0 atom stereocenters. The van der Waals surface area contributed by atoms with E-state index in [4.69, 9.17) is 4.42 Å². The van der Waals surface area contributed by atoms with Crippen LogP contribution in [0.4, 0.5) is 14.5 Å². The van der Waals surface area contributed by atoms with Gasteiger partial charge >= 0.3 is 5.97 Å². The van der Waals surface area contributed by atoms with Gasteiger partial charge in [-0.25, -0.2) is 18.6 Å². The van der Waals surface area contributed by atoms with Crippen molar-refractivity contribution in [3.8, 4) is 0 Å². The number of methoxy groups -OCH3 is 1. The Balaban J connectivity index is 1.81. The smallest absolute Gasteiger partial charge is 0.375 e. The minimum Gasteiger partial charge on any atom is -0.463 e. The number of aryl methyl sites for hydroxylation is 1. The molecule has 140 valence electrons. The molecule has 0 aliphatic carbocycles. The van der Waals surface area contributed by atoms with Crippen LogP contribution in [-0.2, 0) is 11.2 Å². The lowest BCUT2D eigenvalue weighted by atomic mass is 10.1. The van der Waals surface area contributed by atoms with Crippen molar-refractivity contribution in [1.82, 2.24) is 9.36 Å². The number of anilines is 1. The van der Waals surface area contributed by atoms with Crippen molar-refractivity contribution in [2.75, 3.05) is 12.4 Å². The van der Waals surface area contributed by atoms with E-state index >= 15 is 0 Å². The minimum atomic E-state index is -1.07. The Kier molecular flexibility index (Phi) is 5.26. The summed E-state index contributed by atoms with van der Waals surface area (Å²) >= 11 is 1.08. The lowest BCUT2D eigenvalue weighted by Gasteiger charge is -2.06. The first-order chi connectivity index (χ1) is 12.9. The van der Waals surface area contributed by atoms with Gasteiger partial charge in [0.1, 0.15) is 0 Å². The van der Waals surface area contributed by atoms with E-state index in [1.807, 2.05) is 0 Å². The van der Waals surface area contributed by atoms with Crippen LogP contribution in [0.3, 0.4) is 0 Å². The molecule has 0 aliphatic rings. The topological polar surface area (TPSA) is 94.3 Å². The van der Waals surface area contributed by atoms with Gasteiger partial charge in [-0.15, -0.1) is 0 Å². The van der Waals surface area contributed by atoms with Gasteiger partial charge in [-0.3, -0.25) is 4.79 Å². The maximum absolute atomic E-state index is 13.3. The van der Waals surface area contributed by atoms with Gasteiger partial charge in [-0.05, 0) is 30.6 Å². The molecule has 2 heterocycles. The summed E-state index contributed by atoms with van der Waals surface area (Å²) in [6, 6.07) is 3.06. The zero-order chi connectivity index (χ0) is 19.6. The highest BCUT2D eigenvalue weighted by Crippen LogP contribution is 2.24. The van der Waals surface area contributed by atoms with E-state index in [-0.39, 0.29) is 29.3 Å². The number of carbonyl (C=O) groups excluding carboxylic acids is 2. The molecule has 0 unspecified atom stereocenters. The Morgan fingerprint density at radius 1 is 1.30 bits per heavy atom. The highest BCUT2D eigenvalue weighted by Gasteiger charge is 2.21. The van der Waals surface area contributed by atoms with Crippen molar-refractivity contribution in [1.29, 1.82) is 0 Å². The van der Waals surface area contributed by atoms with E-state index in [1.54, 1.807) is 6.92 Å². The van der Waals surface area contributed by atoms with Crippen molar-refractivity contribution in [2.24, 2.45) is 0 Å². The Labute approximate surface area is 156 Å². The number of esters is 1. The molecule has 0 bridgehead atoms. The van der Waals surface area contributed by atoms with Crippen LogP contribution in [0, 0.1) is 18.6 Å². The van der Waals surface area contributed by atoms with Gasteiger partial charge in [0.2, 0.25) is 11.7 Å². The molecule has 27 heavy (non-hydrogen) atoms. The van der Waals surface area contributed by atoms with Crippen LogP contribution >= 0.6 is 11.5 Å². The molecule has 2 aromatic heterocycles. The number of oxazole rings is 1. The zero-order valence-electron chi connectivity index (χ0n) is 14.2. The van der Waals surface area contributed by atoms with Crippen LogP contribution in [0.5, 0.6) is 0 Å². The minimum absolute atomic E-state index is 0.0541. The molecular weight excluding hydrogens is 380 g/mol. The highest BCUT2D eigenvalue weighted by atomic mass is 32.1. The molecule has 0 radical (unpaired) electrons. The number of ether oxygens (including phenoxy) is 1. The van der Waals surface area contributed by atoms with Crippen LogP contribution in [0.25, 0.3) is 0 Å². The molecule has 0 spiro atoms. The first-order valence-electron chi connectivity index (χ1n) is 7.63. The van der Waals surface area contributed by atoms with E-state index in [0.29, 0.717) is 10.6 Å². The van der Waals surface area contributed by atoms with Crippen LogP contribution in [0.1, 0.15) is 37.4 Å². The summed E-state index contributed by atoms with van der Waals surface area (Å²) in [5, 5.41) is 2.51. The fourth-order valence-electron chi connectivity index (χ4n) is 2.32. The molecule has 10 heteroatoms. The summed E-state index contributed by atoms with van der Waals surface area (Å²) in [6.07, 6.45) is 1.36. The second-order valence-corrected chi connectivity index (χ2v) is 6.29. The van der Waals surface area contributed by atoms with E-state index < -0.39 is 23.5 Å². The number of nitrogens with one attached hydrogen (secondary N) is 1. The van der Waals surface area contributed by atoms with Crippen LogP contribution in [0.15, 0.2) is 28.8 Å². The van der Waals surface area contributed by atoms with Gasteiger partial charge in [0, 0.05) is 16.6 Å². The Morgan fingerprint density at radius 2 is 2.07 bits per heavy atom. The van der Waals surface area contributed by atoms with Gasteiger partial charge in [-0.1, -0.05) is 0 Å². The third kappa shape index (κ3) is 4.00. The number of aromatic nitrogens is 2. The molecule has 0 fully saturated rings. The summed E-state index contributed by atoms with van der Waals surface area (Å²) in [5.74, 6) is -3.11. The van der Waals surface area contributed by atoms with E-state index in [1.165, 1.54) is 19.4 Å². The number of benzene rings is 1. The lowest BCUT2D eigenvalue weighted by molar-refractivity contribution is 0.0563. The van der Waals surface area contributed by atoms with Gasteiger partial charge in [0.25, 0.3) is 5.91 Å². The van der Waals surface area contributed by atoms with Crippen LogP contribution < -0.4 is 5.32 Å². The third-order valence-electron chi connectivity index (χ3n) is 3.59. The predicted octanol–water partition coefficient (Wildman–Crippen LogP) is 3.35. The van der Waals surface area contributed by atoms with Crippen LogP contribution in [0.2, 0.25) is 0 Å². The van der Waals surface area contributed by atoms with Crippen LogP contribution in [-0.4, -0.2) is 28.3 Å². The molecule has 7 nitrogen and oxygen atoms in total. The molecule has 0 aliphatic heterocycles. The van der Waals surface area contributed by atoms with Crippen molar-refractivity contribution in [3.63, 3.8) is 0 Å². The zero-order valence-corrected chi connectivity index (χ0v) is 15.0. The van der Waals surface area contributed by atoms with Crippen molar-refractivity contribution >= 4 is 29.1 Å². The van der Waals surface area contributed by atoms with E-state index in [9.17, 15) is 18.4 Å². The third-order valence-corrected chi connectivity index (χ3v) is 4.52. The Bertz CT molecular complexity index is 1020. The number of halogens is 2. The molecule has 1 amide bonds. The molecule has 0 saturated carbocycles. The Morgan fingerprint density at radius 3 is 2.78 bits per heavy atom. The molecule has 3 aromatic rings. The molecular formula is C17H13F2N3O4S. The standard InChI is InChI=1S/C17H13F2N3O4S/c1-8-15(16(23)21-9-3-4-10(18)11(19)5-9)13(27-22-8)6-14-20-7-12(26-14)17(24)25-2/h3-5,7H,6H2,1-2H3,(H,21,23). The largest absolute Gasteiger partial charge is 0.463 e. The second kappa shape index (κ2) is 7.62. The molecule has 1 N–H and O–H groups in total. The lowest BCUT2D eigenvalue weighted by Crippen LogP contribution is -2.14. The maximum atomic E-state index is 13.3. The molecule has 1 aromatic carbocycles. The number of nitrogens with zero attached hydrogens (tertiary/aromatic N) is 2. The van der Waals surface area contributed by atoms with E-state index in [0.717, 1.165) is 23.7 Å². The summed E-state index contributed by atoms with van der Waals surface area (Å²) in [4.78, 5) is 28.5. The fourth-order valence-corrected chi connectivity index (χ4v) is 3.18. The fraction of sp³-hybridized carbons (Fsp3) is 0.176. The number of rotatable bonds is 5. The van der Waals surface area contributed by atoms with Gasteiger partial charge in [-0.2, -0.15) is 4.37 Å². The predicted molar refractivity (Wildman–Crippen MR) is 91.8 cm³/mol. The first kappa shape index (κ1) is 18.6. The van der Waals surface area contributed by atoms with Gasteiger partial charge in [0.15, 0.2) is 11.6 Å². The van der Waals surface area contributed by atoms with Crippen molar-refractivity contribution < 1.29 is 27.5 Å². The molecule has 0 saturated heterocycles. The number of carbonyl (C=O) groups is 2. The maximum Gasteiger partial charge on any atom is 0.375 e.